The highest BCUT2D eigenvalue weighted by atomic mass is 16.2. The molecule has 0 saturated carbocycles. The van der Waals surface area contributed by atoms with Crippen LogP contribution in [-0.4, -0.2) is 18.1 Å². The summed E-state index contributed by atoms with van der Waals surface area (Å²) in [5.74, 6) is -0.359. The summed E-state index contributed by atoms with van der Waals surface area (Å²) in [7, 11) is 1.00. The largest absolute Gasteiger partial charge is 0.400 e. The summed E-state index contributed by atoms with van der Waals surface area (Å²) < 4.78 is 0. The predicted molar refractivity (Wildman–Crippen MR) is 61.7 cm³/mol. The van der Waals surface area contributed by atoms with Crippen LogP contribution < -0.4 is 5.73 Å². The van der Waals surface area contributed by atoms with E-state index < -0.39 is 0 Å². The number of aliphatic hydroxyl groups excluding tert-OH is 1. The zero-order valence-electron chi connectivity index (χ0n) is 9.36. The van der Waals surface area contributed by atoms with Crippen molar-refractivity contribution < 1.29 is 9.90 Å². The number of hydrogen-bond acceptors (Lipinski definition) is 2. The molecule has 0 aliphatic carbocycles. The van der Waals surface area contributed by atoms with Crippen LogP contribution in [0.25, 0.3) is 0 Å². The fourth-order valence-corrected chi connectivity index (χ4v) is 1.22. The molecule has 1 aromatic rings. The lowest BCUT2D eigenvalue weighted by molar-refractivity contribution is 0.100. The molecule has 15 heavy (non-hydrogen) atoms. The molecular formula is C12H19NO2. The van der Waals surface area contributed by atoms with Gasteiger partial charge in [-0.2, -0.15) is 0 Å². The highest BCUT2D eigenvalue weighted by Gasteiger charge is 1.98. The van der Waals surface area contributed by atoms with E-state index in [0.29, 0.717) is 5.56 Å². The van der Waals surface area contributed by atoms with E-state index in [1.807, 2.05) is 12.1 Å². The van der Waals surface area contributed by atoms with Crippen molar-refractivity contribution >= 4 is 5.91 Å². The van der Waals surface area contributed by atoms with E-state index in [9.17, 15) is 4.79 Å². The molecule has 0 aliphatic heterocycles. The molecule has 0 aliphatic rings. The fraction of sp³-hybridized carbons (Fsp3) is 0.417. The number of benzene rings is 1. The number of primary amides is 1. The van der Waals surface area contributed by atoms with Crippen LogP contribution in [0.5, 0.6) is 0 Å². The van der Waals surface area contributed by atoms with Gasteiger partial charge in [0.1, 0.15) is 0 Å². The van der Waals surface area contributed by atoms with Crippen LogP contribution >= 0.6 is 0 Å². The van der Waals surface area contributed by atoms with Gasteiger partial charge in [-0.1, -0.05) is 25.5 Å². The van der Waals surface area contributed by atoms with Crippen LogP contribution in [0.4, 0.5) is 0 Å². The summed E-state index contributed by atoms with van der Waals surface area (Å²) in [5, 5.41) is 7.00. The van der Waals surface area contributed by atoms with Gasteiger partial charge in [-0.15, -0.1) is 0 Å². The predicted octanol–water partition coefficient (Wildman–Crippen LogP) is 1.74. The Labute approximate surface area is 90.9 Å². The average molecular weight is 209 g/mol. The van der Waals surface area contributed by atoms with Gasteiger partial charge in [0, 0.05) is 12.7 Å². The summed E-state index contributed by atoms with van der Waals surface area (Å²) >= 11 is 0. The Morgan fingerprint density at radius 2 is 1.80 bits per heavy atom. The van der Waals surface area contributed by atoms with Gasteiger partial charge in [-0.25, -0.2) is 0 Å². The Morgan fingerprint density at radius 1 is 1.27 bits per heavy atom. The maximum atomic E-state index is 10.7. The molecule has 0 atom stereocenters. The van der Waals surface area contributed by atoms with Crippen LogP contribution in [-0.2, 0) is 6.42 Å². The molecule has 0 fully saturated rings. The van der Waals surface area contributed by atoms with E-state index in [0.717, 1.165) is 13.5 Å². The maximum absolute atomic E-state index is 10.7. The number of amides is 1. The molecular weight excluding hydrogens is 190 g/mol. The van der Waals surface area contributed by atoms with Crippen LogP contribution in [0.1, 0.15) is 35.7 Å². The Bertz CT molecular complexity index is 280. The van der Waals surface area contributed by atoms with E-state index in [1.165, 1.54) is 18.4 Å². The first-order chi connectivity index (χ1) is 7.24. The first-order valence-electron chi connectivity index (χ1n) is 5.07. The monoisotopic (exact) mass is 209 g/mol. The second kappa shape index (κ2) is 8.00. The fourth-order valence-electron chi connectivity index (χ4n) is 1.22. The van der Waals surface area contributed by atoms with Crippen molar-refractivity contribution in [1.82, 2.24) is 0 Å². The highest BCUT2D eigenvalue weighted by molar-refractivity contribution is 5.92. The molecule has 0 heterocycles. The SMILES string of the molecule is CCCCc1ccc(C(N)=O)cc1.CO. The van der Waals surface area contributed by atoms with Gasteiger partial charge in [0.25, 0.3) is 0 Å². The van der Waals surface area contributed by atoms with Crippen molar-refractivity contribution in [2.75, 3.05) is 7.11 Å². The third kappa shape index (κ3) is 5.18. The van der Waals surface area contributed by atoms with Crippen LogP contribution in [0.15, 0.2) is 24.3 Å². The normalized spacial score (nSPS) is 9.00. The quantitative estimate of drug-likeness (QED) is 0.793. The lowest BCUT2D eigenvalue weighted by Crippen LogP contribution is -2.10. The minimum atomic E-state index is -0.359. The summed E-state index contributed by atoms with van der Waals surface area (Å²) in [6.45, 7) is 2.16. The maximum Gasteiger partial charge on any atom is 0.248 e. The minimum absolute atomic E-state index is 0.359. The smallest absolute Gasteiger partial charge is 0.248 e. The van der Waals surface area contributed by atoms with Gasteiger partial charge < -0.3 is 10.8 Å². The molecule has 0 unspecified atom stereocenters. The first kappa shape index (κ1) is 13.7. The third-order valence-corrected chi connectivity index (χ3v) is 2.06. The molecule has 3 heteroatoms. The Hall–Kier alpha value is -1.35. The van der Waals surface area contributed by atoms with E-state index in [2.05, 4.69) is 6.92 Å². The van der Waals surface area contributed by atoms with E-state index in [1.54, 1.807) is 12.1 Å². The van der Waals surface area contributed by atoms with E-state index >= 15 is 0 Å². The zero-order chi connectivity index (χ0) is 11.7. The van der Waals surface area contributed by atoms with Gasteiger partial charge in [0.15, 0.2) is 0 Å². The van der Waals surface area contributed by atoms with Crippen LogP contribution in [0, 0.1) is 0 Å². The molecule has 1 aromatic carbocycles. The highest BCUT2D eigenvalue weighted by Crippen LogP contribution is 2.07. The zero-order valence-corrected chi connectivity index (χ0v) is 9.36. The molecule has 0 radical (unpaired) electrons. The molecule has 3 N–H and O–H groups in total. The summed E-state index contributed by atoms with van der Waals surface area (Å²) in [6, 6.07) is 7.51. The molecule has 0 bridgehead atoms. The molecule has 1 amide bonds. The molecule has 0 saturated heterocycles. The lowest BCUT2D eigenvalue weighted by atomic mass is 10.1. The summed E-state index contributed by atoms with van der Waals surface area (Å²) in [4.78, 5) is 10.7. The summed E-state index contributed by atoms with van der Waals surface area (Å²) in [5.41, 5.74) is 6.98. The minimum Gasteiger partial charge on any atom is -0.400 e. The lowest BCUT2D eigenvalue weighted by Gasteiger charge is -2.00. The number of rotatable bonds is 4. The average Bonchev–Trinajstić information content (AvgIpc) is 2.29. The van der Waals surface area contributed by atoms with E-state index in [-0.39, 0.29) is 5.91 Å². The molecule has 1 rings (SSSR count). The van der Waals surface area contributed by atoms with Gasteiger partial charge in [-0.05, 0) is 30.5 Å². The first-order valence-corrected chi connectivity index (χ1v) is 5.07. The molecule has 0 spiro atoms. The van der Waals surface area contributed by atoms with Gasteiger partial charge in [0.05, 0.1) is 0 Å². The Kier molecular flexibility index (Phi) is 7.28. The molecule has 84 valence electrons. The number of carbonyl (C=O) groups excluding carboxylic acids is 1. The summed E-state index contributed by atoms with van der Waals surface area (Å²) in [6.07, 6.45) is 3.46. The van der Waals surface area contributed by atoms with Crippen molar-refractivity contribution in [2.45, 2.75) is 26.2 Å². The number of aryl methyl sites for hydroxylation is 1. The van der Waals surface area contributed by atoms with Crippen molar-refractivity contribution in [3.05, 3.63) is 35.4 Å². The second-order valence-electron chi connectivity index (χ2n) is 3.16. The van der Waals surface area contributed by atoms with Crippen molar-refractivity contribution in [3.8, 4) is 0 Å². The van der Waals surface area contributed by atoms with E-state index in [4.69, 9.17) is 10.8 Å². The van der Waals surface area contributed by atoms with Crippen molar-refractivity contribution in [3.63, 3.8) is 0 Å². The van der Waals surface area contributed by atoms with Gasteiger partial charge >= 0.3 is 0 Å². The van der Waals surface area contributed by atoms with Gasteiger partial charge in [0.2, 0.25) is 5.91 Å². The third-order valence-electron chi connectivity index (χ3n) is 2.06. The van der Waals surface area contributed by atoms with Crippen molar-refractivity contribution in [2.24, 2.45) is 5.73 Å². The van der Waals surface area contributed by atoms with Crippen LogP contribution in [0.3, 0.4) is 0 Å². The topological polar surface area (TPSA) is 63.3 Å². The molecule has 3 nitrogen and oxygen atoms in total. The standard InChI is InChI=1S/C11H15NO.CH4O/c1-2-3-4-9-5-7-10(8-6-9)11(12)13;1-2/h5-8H,2-4H2,1H3,(H2,12,13);2H,1H3. The van der Waals surface area contributed by atoms with Crippen molar-refractivity contribution in [1.29, 1.82) is 0 Å². The van der Waals surface area contributed by atoms with Crippen LogP contribution in [0.2, 0.25) is 0 Å². The Balaban J connectivity index is 0.000000921. The molecule has 0 aromatic heterocycles. The number of unbranched alkanes of at least 4 members (excludes halogenated alkanes) is 1. The number of hydrogen-bond donors (Lipinski definition) is 2. The second-order valence-corrected chi connectivity index (χ2v) is 3.16. The Morgan fingerprint density at radius 3 is 2.20 bits per heavy atom. The van der Waals surface area contributed by atoms with Gasteiger partial charge in [-0.3, -0.25) is 4.79 Å². The number of carbonyl (C=O) groups is 1. The number of aliphatic hydroxyl groups is 1. The number of nitrogens with two attached hydrogens (primary N) is 1.